The molecule has 1 saturated heterocycles. The van der Waals surface area contributed by atoms with Gasteiger partial charge in [0.15, 0.2) is 0 Å². The number of rotatable bonds is 2. The number of halogens is 1. The Labute approximate surface area is 109 Å². The summed E-state index contributed by atoms with van der Waals surface area (Å²) < 4.78 is 13.4. The Morgan fingerprint density at radius 3 is 2.44 bits per heavy atom. The summed E-state index contributed by atoms with van der Waals surface area (Å²) in [5.41, 5.74) is 5.73. The number of carbonyl (C=O) groups excluding carboxylic acids is 2. The third-order valence-electron chi connectivity index (χ3n) is 2.75. The van der Waals surface area contributed by atoms with E-state index in [1.54, 1.807) is 0 Å². The summed E-state index contributed by atoms with van der Waals surface area (Å²) in [6, 6.07) is 3.86. The van der Waals surface area contributed by atoms with E-state index in [0.717, 1.165) is 11.0 Å². The Morgan fingerprint density at radius 2 is 1.89 bits per heavy atom. The monoisotopic (exact) mass is 266 g/mol. The molecule has 0 radical (unpaired) electrons. The van der Waals surface area contributed by atoms with Crippen LogP contribution in [0.5, 0.6) is 0 Å². The molecule has 2 amide bonds. The highest BCUT2D eigenvalue weighted by atomic mass is 32.1. The highest BCUT2D eigenvalue weighted by Gasteiger charge is 2.27. The van der Waals surface area contributed by atoms with Gasteiger partial charge in [0.25, 0.3) is 0 Å². The second-order valence-electron chi connectivity index (χ2n) is 4.00. The molecule has 1 aliphatic heterocycles. The van der Waals surface area contributed by atoms with Crippen LogP contribution < -0.4 is 10.6 Å². The molecular weight excluding hydrogens is 255 g/mol. The maximum Gasteiger partial charge on any atom is 0.233 e. The topological polar surface area (TPSA) is 63.4 Å². The van der Waals surface area contributed by atoms with Crippen molar-refractivity contribution in [2.75, 3.05) is 4.90 Å². The number of nitrogens with two attached hydrogens (primary N) is 1. The van der Waals surface area contributed by atoms with Crippen molar-refractivity contribution in [2.24, 2.45) is 5.73 Å². The quantitative estimate of drug-likeness (QED) is 0.651. The molecule has 0 aliphatic carbocycles. The highest BCUT2D eigenvalue weighted by Crippen LogP contribution is 2.24. The zero-order valence-corrected chi connectivity index (χ0v) is 10.3. The number of piperidine rings is 1. The molecule has 0 atom stereocenters. The zero-order valence-electron chi connectivity index (χ0n) is 9.48. The van der Waals surface area contributed by atoms with Crippen molar-refractivity contribution in [3.8, 4) is 0 Å². The Balaban J connectivity index is 2.44. The minimum Gasteiger partial charge on any atom is -0.389 e. The minimum absolute atomic E-state index is 0.0358. The highest BCUT2D eigenvalue weighted by molar-refractivity contribution is 7.80. The summed E-state index contributed by atoms with van der Waals surface area (Å²) in [4.78, 5) is 24.4. The van der Waals surface area contributed by atoms with Crippen molar-refractivity contribution < 1.29 is 14.0 Å². The van der Waals surface area contributed by atoms with Crippen molar-refractivity contribution >= 4 is 34.7 Å². The number of anilines is 1. The molecule has 0 bridgehead atoms. The van der Waals surface area contributed by atoms with E-state index in [-0.39, 0.29) is 22.4 Å². The first-order chi connectivity index (χ1) is 8.50. The van der Waals surface area contributed by atoms with Crippen molar-refractivity contribution in [1.82, 2.24) is 0 Å². The molecule has 0 aromatic heterocycles. The van der Waals surface area contributed by atoms with Gasteiger partial charge in [-0.05, 0) is 24.6 Å². The van der Waals surface area contributed by atoms with Gasteiger partial charge < -0.3 is 5.73 Å². The standard InChI is InChI=1S/C12H11FN2O2S/c13-9-5-4-7(6-8(9)12(14)18)15-10(16)2-1-3-11(15)17/h4-6H,1-3H2,(H2,14,18). The first-order valence-corrected chi connectivity index (χ1v) is 5.86. The molecule has 2 rings (SSSR count). The molecule has 0 spiro atoms. The SMILES string of the molecule is NC(=S)c1cc(N2C(=O)CCCC2=O)ccc1F. The van der Waals surface area contributed by atoms with Crippen molar-refractivity contribution in [3.05, 3.63) is 29.6 Å². The lowest BCUT2D eigenvalue weighted by molar-refractivity contribution is -0.129. The van der Waals surface area contributed by atoms with Gasteiger partial charge in [0.05, 0.1) is 5.69 Å². The van der Waals surface area contributed by atoms with Gasteiger partial charge in [-0.1, -0.05) is 12.2 Å². The molecule has 1 aliphatic rings. The molecule has 1 fully saturated rings. The largest absolute Gasteiger partial charge is 0.389 e. The van der Waals surface area contributed by atoms with Crippen LogP contribution in [-0.2, 0) is 9.59 Å². The maximum atomic E-state index is 13.4. The first-order valence-electron chi connectivity index (χ1n) is 5.46. The molecular formula is C12H11FN2O2S. The van der Waals surface area contributed by atoms with Crippen molar-refractivity contribution in [2.45, 2.75) is 19.3 Å². The van der Waals surface area contributed by atoms with E-state index in [1.165, 1.54) is 12.1 Å². The number of nitrogens with zero attached hydrogens (tertiary/aromatic N) is 1. The van der Waals surface area contributed by atoms with Gasteiger partial charge in [-0.2, -0.15) is 0 Å². The lowest BCUT2D eigenvalue weighted by Gasteiger charge is -2.25. The van der Waals surface area contributed by atoms with Crippen LogP contribution in [0.4, 0.5) is 10.1 Å². The molecule has 18 heavy (non-hydrogen) atoms. The smallest absolute Gasteiger partial charge is 0.233 e. The minimum atomic E-state index is -0.567. The molecule has 0 saturated carbocycles. The summed E-state index contributed by atoms with van der Waals surface area (Å²) >= 11 is 4.72. The van der Waals surface area contributed by atoms with Gasteiger partial charge in [-0.15, -0.1) is 0 Å². The van der Waals surface area contributed by atoms with E-state index in [4.69, 9.17) is 18.0 Å². The van der Waals surface area contributed by atoms with Gasteiger partial charge in [0.2, 0.25) is 11.8 Å². The number of hydrogen-bond donors (Lipinski definition) is 1. The van der Waals surface area contributed by atoms with Crippen LogP contribution in [0.3, 0.4) is 0 Å². The Morgan fingerprint density at radius 1 is 1.28 bits per heavy atom. The molecule has 1 aromatic rings. The average molecular weight is 266 g/mol. The lowest BCUT2D eigenvalue weighted by Crippen LogP contribution is -2.40. The van der Waals surface area contributed by atoms with Gasteiger partial charge in [-0.3, -0.25) is 14.5 Å². The number of hydrogen-bond acceptors (Lipinski definition) is 3. The first kappa shape index (κ1) is 12.6. The number of benzene rings is 1. The summed E-state index contributed by atoms with van der Waals surface area (Å²) in [5, 5.41) is 0. The molecule has 1 heterocycles. The number of thiocarbonyl (C=S) groups is 1. The fourth-order valence-corrected chi connectivity index (χ4v) is 2.04. The average Bonchev–Trinajstić information content (AvgIpc) is 2.30. The number of imide groups is 1. The van der Waals surface area contributed by atoms with Crippen LogP contribution in [0.25, 0.3) is 0 Å². The molecule has 0 unspecified atom stereocenters. The molecule has 1 aromatic carbocycles. The van der Waals surface area contributed by atoms with E-state index >= 15 is 0 Å². The second-order valence-corrected chi connectivity index (χ2v) is 4.44. The van der Waals surface area contributed by atoms with E-state index in [9.17, 15) is 14.0 Å². The van der Waals surface area contributed by atoms with Crippen LogP contribution >= 0.6 is 12.2 Å². The Hall–Kier alpha value is -1.82. The van der Waals surface area contributed by atoms with E-state index in [0.29, 0.717) is 24.9 Å². The van der Waals surface area contributed by atoms with Crippen molar-refractivity contribution in [3.63, 3.8) is 0 Å². The van der Waals surface area contributed by atoms with Crippen molar-refractivity contribution in [1.29, 1.82) is 0 Å². The van der Waals surface area contributed by atoms with E-state index in [2.05, 4.69) is 0 Å². The lowest BCUT2D eigenvalue weighted by atomic mass is 10.1. The third-order valence-corrected chi connectivity index (χ3v) is 2.97. The van der Waals surface area contributed by atoms with Gasteiger partial charge in [0, 0.05) is 18.4 Å². The van der Waals surface area contributed by atoms with Crippen LogP contribution in [0.15, 0.2) is 18.2 Å². The van der Waals surface area contributed by atoms with Gasteiger partial charge in [-0.25, -0.2) is 4.39 Å². The van der Waals surface area contributed by atoms with Crippen LogP contribution in [0.1, 0.15) is 24.8 Å². The number of carbonyl (C=O) groups is 2. The maximum absolute atomic E-state index is 13.4. The molecule has 6 heteroatoms. The summed E-state index contributed by atoms with van der Waals surface area (Å²) in [7, 11) is 0. The third kappa shape index (κ3) is 2.24. The zero-order chi connectivity index (χ0) is 13.3. The van der Waals surface area contributed by atoms with Crippen LogP contribution in [0.2, 0.25) is 0 Å². The van der Waals surface area contributed by atoms with E-state index < -0.39 is 5.82 Å². The summed E-state index contributed by atoms with van der Waals surface area (Å²) in [6.07, 6.45) is 1.18. The molecule has 2 N–H and O–H groups in total. The Kier molecular flexibility index (Phi) is 3.38. The predicted octanol–water partition coefficient (Wildman–Crippen LogP) is 1.50. The van der Waals surface area contributed by atoms with Crippen LogP contribution in [-0.4, -0.2) is 16.8 Å². The number of amides is 2. The Bertz CT molecular complexity index is 529. The van der Waals surface area contributed by atoms with Gasteiger partial charge >= 0.3 is 0 Å². The van der Waals surface area contributed by atoms with Gasteiger partial charge in [0.1, 0.15) is 10.8 Å². The fraction of sp³-hybridized carbons (Fsp3) is 0.250. The molecule has 4 nitrogen and oxygen atoms in total. The van der Waals surface area contributed by atoms with E-state index in [1.807, 2.05) is 0 Å². The molecule has 94 valence electrons. The summed E-state index contributed by atoms with van der Waals surface area (Å²) in [6.45, 7) is 0. The predicted molar refractivity (Wildman–Crippen MR) is 68.6 cm³/mol. The second kappa shape index (κ2) is 4.81. The summed E-state index contributed by atoms with van der Waals surface area (Å²) in [5.74, 6) is -1.14. The van der Waals surface area contributed by atoms with Crippen LogP contribution in [0, 0.1) is 5.82 Å². The normalized spacial score (nSPS) is 15.9. The fourth-order valence-electron chi connectivity index (χ4n) is 1.88.